The van der Waals surface area contributed by atoms with Gasteiger partial charge < -0.3 is 5.32 Å². The maximum atomic E-state index is 13.3. The molecular weight excluding hydrogens is 370 g/mol. The van der Waals surface area contributed by atoms with Gasteiger partial charge in [0.1, 0.15) is 0 Å². The lowest BCUT2D eigenvalue weighted by Crippen LogP contribution is -2.45. The van der Waals surface area contributed by atoms with Gasteiger partial charge in [0.05, 0.1) is 4.90 Å². The molecule has 134 valence electrons. The van der Waals surface area contributed by atoms with Crippen molar-refractivity contribution in [3.63, 3.8) is 0 Å². The van der Waals surface area contributed by atoms with Gasteiger partial charge in [0.15, 0.2) is 11.6 Å². The summed E-state index contributed by atoms with van der Waals surface area (Å²) in [6.07, 6.45) is 1.40. The Bertz CT molecular complexity index is 877. The number of anilines is 1. The molecule has 1 N–H and O–H groups in total. The Morgan fingerprint density at radius 2 is 1.92 bits per heavy atom. The van der Waals surface area contributed by atoms with E-state index in [0.29, 0.717) is 23.7 Å². The van der Waals surface area contributed by atoms with Gasteiger partial charge in [-0.25, -0.2) is 17.2 Å². The molecule has 8 heteroatoms. The van der Waals surface area contributed by atoms with Gasteiger partial charge in [-0.15, -0.1) is 0 Å². The predicted octanol–water partition coefficient (Wildman–Crippen LogP) is 3.88. The molecule has 0 saturated carbocycles. The van der Waals surface area contributed by atoms with Crippen LogP contribution in [0.15, 0.2) is 47.4 Å². The molecule has 1 unspecified atom stereocenters. The maximum absolute atomic E-state index is 13.3. The van der Waals surface area contributed by atoms with Gasteiger partial charge in [0.2, 0.25) is 10.0 Å². The van der Waals surface area contributed by atoms with Gasteiger partial charge in [-0.3, -0.25) is 0 Å². The third-order valence-electron chi connectivity index (χ3n) is 4.11. The minimum Gasteiger partial charge on any atom is -0.381 e. The zero-order valence-electron chi connectivity index (χ0n) is 13.3. The van der Waals surface area contributed by atoms with Crippen molar-refractivity contribution >= 4 is 27.3 Å². The molecule has 0 amide bonds. The van der Waals surface area contributed by atoms with E-state index >= 15 is 0 Å². The Morgan fingerprint density at radius 1 is 1.12 bits per heavy atom. The standard InChI is InChI=1S/C17H17ClF2N2O2S/c18-12-3-1-5-15(9-12)25(23,24)22-8-2-4-14(11-22)21-13-6-7-16(19)17(20)10-13/h1,3,5-7,9-10,14,21H,2,4,8,11H2. The average molecular weight is 387 g/mol. The summed E-state index contributed by atoms with van der Waals surface area (Å²) in [5.41, 5.74) is 0.422. The quantitative estimate of drug-likeness (QED) is 0.867. The fourth-order valence-corrected chi connectivity index (χ4v) is 4.70. The summed E-state index contributed by atoms with van der Waals surface area (Å²) in [5, 5.41) is 3.43. The van der Waals surface area contributed by atoms with E-state index in [4.69, 9.17) is 11.6 Å². The molecule has 2 aromatic carbocycles. The molecule has 1 fully saturated rings. The minimum absolute atomic E-state index is 0.147. The van der Waals surface area contributed by atoms with Gasteiger partial charge in [-0.2, -0.15) is 4.31 Å². The Labute approximate surface area is 150 Å². The van der Waals surface area contributed by atoms with Crippen LogP contribution >= 0.6 is 11.6 Å². The van der Waals surface area contributed by atoms with Gasteiger partial charge in [0.25, 0.3) is 0 Å². The highest BCUT2D eigenvalue weighted by atomic mass is 35.5. The summed E-state index contributed by atoms with van der Waals surface area (Å²) < 4.78 is 53.3. The molecule has 4 nitrogen and oxygen atoms in total. The number of piperidine rings is 1. The average Bonchev–Trinajstić information content (AvgIpc) is 2.58. The van der Waals surface area contributed by atoms with E-state index in [1.54, 1.807) is 12.1 Å². The van der Waals surface area contributed by atoms with Crippen LogP contribution in [0, 0.1) is 11.6 Å². The second-order valence-corrected chi connectivity index (χ2v) is 8.31. The molecule has 0 aliphatic carbocycles. The van der Waals surface area contributed by atoms with Crippen LogP contribution in [0.4, 0.5) is 14.5 Å². The van der Waals surface area contributed by atoms with Crippen molar-refractivity contribution in [3.05, 3.63) is 59.1 Å². The van der Waals surface area contributed by atoms with Gasteiger partial charge in [0, 0.05) is 35.9 Å². The number of hydrogen-bond acceptors (Lipinski definition) is 3. The molecule has 1 saturated heterocycles. The highest BCUT2D eigenvalue weighted by Gasteiger charge is 2.30. The smallest absolute Gasteiger partial charge is 0.243 e. The number of halogens is 3. The lowest BCUT2D eigenvalue weighted by atomic mass is 10.1. The molecule has 0 radical (unpaired) electrons. The number of hydrogen-bond donors (Lipinski definition) is 1. The van der Waals surface area contributed by atoms with E-state index in [1.807, 2.05) is 0 Å². The summed E-state index contributed by atoms with van der Waals surface area (Å²) in [6, 6.07) is 9.49. The van der Waals surface area contributed by atoms with Crippen LogP contribution in [0.3, 0.4) is 0 Å². The highest BCUT2D eigenvalue weighted by molar-refractivity contribution is 7.89. The molecule has 3 rings (SSSR count). The Balaban J connectivity index is 1.75. The Hall–Kier alpha value is -1.70. The first-order valence-electron chi connectivity index (χ1n) is 7.83. The Kier molecular flexibility index (Phi) is 5.27. The van der Waals surface area contributed by atoms with Crippen molar-refractivity contribution in [2.75, 3.05) is 18.4 Å². The largest absolute Gasteiger partial charge is 0.381 e. The molecule has 25 heavy (non-hydrogen) atoms. The number of benzene rings is 2. The molecule has 0 aromatic heterocycles. The lowest BCUT2D eigenvalue weighted by molar-refractivity contribution is 0.327. The second kappa shape index (κ2) is 7.27. The summed E-state index contributed by atoms with van der Waals surface area (Å²) in [4.78, 5) is 0.147. The molecular formula is C17H17ClF2N2O2S. The summed E-state index contributed by atoms with van der Waals surface area (Å²) >= 11 is 5.89. The fraction of sp³-hybridized carbons (Fsp3) is 0.294. The summed E-state index contributed by atoms with van der Waals surface area (Å²) in [7, 11) is -3.65. The van der Waals surface area contributed by atoms with Crippen molar-refractivity contribution in [2.24, 2.45) is 0 Å². The summed E-state index contributed by atoms with van der Waals surface area (Å²) in [5.74, 6) is -1.86. The maximum Gasteiger partial charge on any atom is 0.243 e. The first-order chi connectivity index (χ1) is 11.9. The number of nitrogens with one attached hydrogen (secondary N) is 1. The van der Waals surface area contributed by atoms with Gasteiger partial charge >= 0.3 is 0 Å². The third kappa shape index (κ3) is 4.11. The number of sulfonamides is 1. The monoisotopic (exact) mass is 386 g/mol. The van der Waals surface area contributed by atoms with E-state index in [-0.39, 0.29) is 17.5 Å². The van der Waals surface area contributed by atoms with Crippen LogP contribution in [-0.2, 0) is 10.0 Å². The lowest BCUT2D eigenvalue weighted by Gasteiger charge is -2.33. The fourth-order valence-electron chi connectivity index (χ4n) is 2.88. The molecule has 0 spiro atoms. The van der Waals surface area contributed by atoms with Crippen LogP contribution in [0.2, 0.25) is 5.02 Å². The molecule has 1 aliphatic heterocycles. The zero-order valence-corrected chi connectivity index (χ0v) is 14.8. The van der Waals surface area contributed by atoms with E-state index in [1.165, 1.54) is 22.5 Å². The first kappa shape index (κ1) is 18.1. The first-order valence-corrected chi connectivity index (χ1v) is 9.65. The summed E-state index contributed by atoms with van der Waals surface area (Å²) in [6.45, 7) is 0.651. The molecule has 1 heterocycles. The van der Waals surface area contributed by atoms with Crippen LogP contribution in [0.5, 0.6) is 0 Å². The van der Waals surface area contributed by atoms with Crippen molar-refractivity contribution < 1.29 is 17.2 Å². The van der Waals surface area contributed by atoms with E-state index in [0.717, 1.165) is 18.6 Å². The zero-order chi connectivity index (χ0) is 18.0. The van der Waals surface area contributed by atoms with Crippen molar-refractivity contribution in [1.82, 2.24) is 4.31 Å². The van der Waals surface area contributed by atoms with Crippen molar-refractivity contribution in [1.29, 1.82) is 0 Å². The van der Waals surface area contributed by atoms with E-state index in [2.05, 4.69) is 5.32 Å². The molecule has 0 bridgehead atoms. The molecule has 2 aromatic rings. The van der Waals surface area contributed by atoms with Crippen LogP contribution in [-0.4, -0.2) is 31.9 Å². The van der Waals surface area contributed by atoms with Crippen molar-refractivity contribution in [2.45, 2.75) is 23.8 Å². The van der Waals surface area contributed by atoms with Gasteiger partial charge in [-0.1, -0.05) is 17.7 Å². The third-order valence-corrected chi connectivity index (χ3v) is 6.20. The van der Waals surface area contributed by atoms with E-state index < -0.39 is 21.7 Å². The number of nitrogens with zero attached hydrogens (tertiary/aromatic N) is 1. The van der Waals surface area contributed by atoms with Gasteiger partial charge in [-0.05, 0) is 43.2 Å². The van der Waals surface area contributed by atoms with Crippen molar-refractivity contribution in [3.8, 4) is 0 Å². The van der Waals surface area contributed by atoms with E-state index in [9.17, 15) is 17.2 Å². The number of rotatable bonds is 4. The normalized spacial score (nSPS) is 18.9. The Morgan fingerprint density at radius 3 is 2.64 bits per heavy atom. The van der Waals surface area contributed by atoms with Crippen LogP contribution in [0.25, 0.3) is 0 Å². The van der Waals surface area contributed by atoms with Crippen LogP contribution in [0.1, 0.15) is 12.8 Å². The highest BCUT2D eigenvalue weighted by Crippen LogP contribution is 2.24. The van der Waals surface area contributed by atoms with Crippen LogP contribution < -0.4 is 5.32 Å². The second-order valence-electron chi connectivity index (χ2n) is 5.93. The minimum atomic E-state index is -3.65. The predicted molar refractivity (Wildman–Crippen MR) is 93.2 cm³/mol. The molecule has 1 aliphatic rings. The molecule has 1 atom stereocenters. The SMILES string of the molecule is O=S(=O)(c1cccc(Cl)c1)N1CCCC(Nc2ccc(F)c(F)c2)C1. The topological polar surface area (TPSA) is 49.4 Å².